The lowest BCUT2D eigenvalue weighted by molar-refractivity contribution is 0.0116. The van der Waals surface area contributed by atoms with E-state index in [9.17, 15) is 4.39 Å². The van der Waals surface area contributed by atoms with Crippen LogP contribution in [0.4, 0.5) is 4.39 Å². The Hall–Kier alpha value is -1.13. The quantitative estimate of drug-likeness (QED) is 0.847. The summed E-state index contributed by atoms with van der Waals surface area (Å²) >= 11 is 0. The maximum atomic E-state index is 13.4. The van der Waals surface area contributed by atoms with Crippen LogP contribution in [-0.4, -0.2) is 25.9 Å². The van der Waals surface area contributed by atoms with Crippen molar-refractivity contribution in [2.24, 2.45) is 0 Å². The van der Waals surface area contributed by atoms with Crippen LogP contribution in [0, 0.1) is 5.82 Å². The van der Waals surface area contributed by atoms with Crippen LogP contribution in [0.5, 0.6) is 5.75 Å². The Balaban J connectivity index is 1.94. The number of nitrogens with one attached hydrogen (secondary N) is 1. The number of rotatable bonds is 1. The Kier molecular flexibility index (Phi) is 3.46. The van der Waals surface area contributed by atoms with Gasteiger partial charge in [-0.2, -0.15) is 0 Å². The van der Waals surface area contributed by atoms with E-state index < -0.39 is 0 Å². The van der Waals surface area contributed by atoms with E-state index in [0.717, 1.165) is 50.2 Å². The van der Waals surface area contributed by atoms with Crippen LogP contribution in [0.2, 0.25) is 0 Å². The average molecular weight is 265 g/mol. The summed E-state index contributed by atoms with van der Waals surface area (Å²) in [7, 11) is 1.92. The summed E-state index contributed by atoms with van der Waals surface area (Å²) in [5, 5.41) is 3.29. The van der Waals surface area contributed by atoms with Crippen molar-refractivity contribution in [2.75, 3.05) is 20.3 Å². The third kappa shape index (κ3) is 2.47. The predicted molar refractivity (Wildman–Crippen MR) is 70.8 cm³/mol. The monoisotopic (exact) mass is 265 g/mol. The first-order valence-corrected chi connectivity index (χ1v) is 6.96. The second-order valence-corrected chi connectivity index (χ2v) is 5.48. The first-order chi connectivity index (χ1) is 9.22. The van der Waals surface area contributed by atoms with Gasteiger partial charge < -0.3 is 14.8 Å². The molecule has 1 saturated heterocycles. The summed E-state index contributed by atoms with van der Waals surface area (Å²) in [4.78, 5) is 0. The number of hydrogen-bond acceptors (Lipinski definition) is 3. The van der Waals surface area contributed by atoms with Gasteiger partial charge in [0.2, 0.25) is 0 Å². The fraction of sp³-hybridized carbons (Fsp3) is 0.600. The van der Waals surface area contributed by atoms with Crippen LogP contribution in [0.3, 0.4) is 0 Å². The molecule has 0 aromatic heterocycles. The zero-order valence-corrected chi connectivity index (χ0v) is 11.2. The number of halogens is 1. The van der Waals surface area contributed by atoms with Crippen molar-refractivity contribution in [1.82, 2.24) is 5.32 Å². The molecule has 4 heteroatoms. The highest BCUT2D eigenvalue weighted by Crippen LogP contribution is 2.44. The second-order valence-electron chi connectivity index (χ2n) is 5.48. The highest BCUT2D eigenvalue weighted by Gasteiger charge is 2.41. The zero-order valence-electron chi connectivity index (χ0n) is 11.2. The summed E-state index contributed by atoms with van der Waals surface area (Å²) in [6.07, 6.45) is 3.81. The SMILES string of the molecule is CNC1CC2(CCCOCC2)Oc2ccc(F)cc21. The van der Waals surface area contributed by atoms with Crippen LogP contribution in [0.15, 0.2) is 18.2 Å². The molecule has 1 aromatic rings. The van der Waals surface area contributed by atoms with E-state index >= 15 is 0 Å². The molecule has 2 aliphatic heterocycles. The molecule has 1 N–H and O–H groups in total. The lowest BCUT2D eigenvalue weighted by atomic mass is 9.82. The molecule has 0 bridgehead atoms. The van der Waals surface area contributed by atoms with Crippen molar-refractivity contribution in [1.29, 1.82) is 0 Å². The molecule has 2 heterocycles. The lowest BCUT2D eigenvalue weighted by Gasteiger charge is -2.41. The molecule has 3 nitrogen and oxygen atoms in total. The van der Waals surface area contributed by atoms with Crippen molar-refractivity contribution in [3.63, 3.8) is 0 Å². The minimum atomic E-state index is -0.206. The molecular weight excluding hydrogens is 245 g/mol. The van der Waals surface area contributed by atoms with Crippen LogP contribution >= 0.6 is 0 Å². The summed E-state index contributed by atoms with van der Waals surface area (Å²) < 4.78 is 25.2. The Morgan fingerprint density at radius 3 is 3.05 bits per heavy atom. The van der Waals surface area contributed by atoms with Gasteiger partial charge in [-0.1, -0.05) is 0 Å². The van der Waals surface area contributed by atoms with Gasteiger partial charge in [-0.05, 0) is 38.1 Å². The van der Waals surface area contributed by atoms with E-state index in [1.165, 1.54) is 6.07 Å². The normalized spacial score (nSPS) is 30.5. The molecule has 0 radical (unpaired) electrons. The molecule has 0 aliphatic carbocycles. The molecule has 0 amide bonds. The molecule has 104 valence electrons. The predicted octanol–water partition coefficient (Wildman–Crippen LogP) is 2.81. The van der Waals surface area contributed by atoms with Crippen molar-refractivity contribution < 1.29 is 13.9 Å². The Morgan fingerprint density at radius 1 is 1.32 bits per heavy atom. The maximum absolute atomic E-state index is 13.4. The first-order valence-electron chi connectivity index (χ1n) is 6.96. The van der Waals surface area contributed by atoms with Gasteiger partial charge in [-0.3, -0.25) is 0 Å². The molecule has 2 atom stereocenters. The first kappa shape index (κ1) is 12.9. The van der Waals surface area contributed by atoms with Gasteiger partial charge in [0.15, 0.2) is 0 Å². The third-order valence-electron chi connectivity index (χ3n) is 4.22. The number of benzene rings is 1. The minimum absolute atomic E-state index is 0.151. The highest BCUT2D eigenvalue weighted by molar-refractivity contribution is 5.39. The number of fused-ring (bicyclic) bond motifs is 1. The van der Waals surface area contributed by atoms with Gasteiger partial charge >= 0.3 is 0 Å². The van der Waals surface area contributed by atoms with Crippen molar-refractivity contribution in [3.8, 4) is 5.75 Å². The van der Waals surface area contributed by atoms with E-state index in [-0.39, 0.29) is 17.5 Å². The Morgan fingerprint density at radius 2 is 2.21 bits per heavy atom. The Bertz CT molecular complexity index is 455. The fourth-order valence-corrected chi connectivity index (χ4v) is 3.19. The molecule has 19 heavy (non-hydrogen) atoms. The largest absolute Gasteiger partial charge is 0.487 e. The van der Waals surface area contributed by atoms with Gasteiger partial charge in [0, 0.05) is 31.1 Å². The number of hydrogen-bond donors (Lipinski definition) is 1. The van der Waals surface area contributed by atoms with Crippen molar-refractivity contribution in [2.45, 2.75) is 37.3 Å². The van der Waals surface area contributed by atoms with Gasteiger partial charge in [0.25, 0.3) is 0 Å². The number of ether oxygens (including phenoxy) is 2. The lowest BCUT2D eigenvalue weighted by Crippen LogP contribution is -2.44. The molecular formula is C15H20FNO2. The minimum Gasteiger partial charge on any atom is -0.487 e. The third-order valence-corrected chi connectivity index (χ3v) is 4.22. The van der Waals surface area contributed by atoms with Crippen molar-refractivity contribution in [3.05, 3.63) is 29.6 Å². The topological polar surface area (TPSA) is 30.5 Å². The van der Waals surface area contributed by atoms with E-state index in [0.29, 0.717) is 0 Å². The molecule has 1 spiro atoms. The molecule has 2 unspecified atom stereocenters. The average Bonchev–Trinajstić information content (AvgIpc) is 2.64. The highest BCUT2D eigenvalue weighted by atomic mass is 19.1. The summed E-state index contributed by atoms with van der Waals surface area (Å²) in [6, 6.07) is 4.95. The van der Waals surface area contributed by atoms with E-state index in [1.807, 2.05) is 7.05 Å². The molecule has 1 fully saturated rings. The molecule has 2 aliphatic rings. The summed E-state index contributed by atoms with van der Waals surface area (Å²) in [5.74, 6) is 0.608. The van der Waals surface area contributed by atoms with Gasteiger partial charge in [0.1, 0.15) is 17.2 Å². The van der Waals surface area contributed by atoms with Crippen LogP contribution < -0.4 is 10.1 Å². The summed E-state index contributed by atoms with van der Waals surface area (Å²) in [6.45, 7) is 1.55. The van der Waals surface area contributed by atoms with Crippen LogP contribution in [0.1, 0.15) is 37.3 Å². The van der Waals surface area contributed by atoms with Crippen LogP contribution in [-0.2, 0) is 4.74 Å². The molecule has 3 rings (SSSR count). The van der Waals surface area contributed by atoms with E-state index in [2.05, 4.69) is 5.32 Å². The Labute approximate surface area is 113 Å². The molecule has 1 aromatic carbocycles. The second kappa shape index (κ2) is 5.10. The smallest absolute Gasteiger partial charge is 0.125 e. The fourth-order valence-electron chi connectivity index (χ4n) is 3.19. The zero-order chi connectivity index (χ0) is 13.3. The standard InChI is InChI=1S/C15H20FNO2/c1-17-13-10-15(5-2-7-18-8-6-15)19-14-4-3-11(16)9-12(13)14/h3-4,9,13,17H,2,5-8,10H2,1H3. The van der Waals surface area contributed by atoms with Crippen LogP contribution in [0.25, 0.3) is 0 Å². The molecule has 0 saturated carbocycles. The summed E-state index contributed by atoms with van der Waals surface area (Å²) in [5.41, 5.74) is 0.771. The van der Waals surface area contributed by atoms with Gasteiger partial charge in [0.05, 0.1) is 6.61 Å². The maximum Gasteiger partial charge on any atom is 0.125 e. The van der Waals surface area contributed by atoms with Gasteiger partial charge in [-0.25, -0.2) is 4.39 Å². The van der Waals surface area contributed by atoms with Crippen molar-refractivity contribution >= 4 is 0 Å². The van der Waals surface area contributed by atoms with E-state index in [1.54, 1.807) is 12.1 Å². The van der Waals surface area contributed by atoms with Gasteiger partial charge in [-0.15, -0.1) is 0 Å². The van der Waals surface area contributed by atoms with E-state index in [4.69, 9.17) is 9.47 Å².